The minimum Gasteiger partial charge on any atom is -0.496 e. The molecule has 1 saturated heterocycles. The van der Waals surface area contributed by atoms with Crippen molar-refractivity contribution < 1.29 is 23.9 Å². The van der Waals surface area contributed by atoms with Crippen molar-refractivity contribution in [2.24, 2.45) is 5.92 Å². The molecule has 0 saturated carbocycles. The molecular formula is C25H29NO5. The van der Waals surface area contributed by atoms with Gasteiger partial charge >= 0.3 is 5.97 Å². The highest BCUT2D eigenvalue weighted by atomic mass is 16.5. The Morgan fingerprint density at radius 2 is 1.77 bits per heavy atom. The van der Waals surface area contributed by atoms with Gasteiger partial charge in [-0.1, -0.05) is 61.9 Å². The number of carbonyl (C=O) groups excluding carboxylic acids is 3. The van der Waals surface area contributed by atoms with Crippen LogP contribution in [0, 0.1) is 5.92 Å². The molecule has 1 amide bonds. The molecule has 0 radical (unpaired) electrons. The van der Waals surface area contributed by atoms with Crippen LogP contribution in [0.4, 0.5) is 0 Å². The van der Waals surface area contributed by atoms with Gasteiger partial charge in [0.1, 0.15) is 5.75 Å². The Labute approximate surface area is 183 Å². The Morgan fingerprint density at radius 3 is 2.48 bits per heavy atom. The molecule has 1 fully saturated rings. The second-order valence-electron chi connectivity index (χ2n) is 7.67. The maximum atomic E-state index is 13.1. The van der Waals surface area contributed by atoms with Gasteiger partial charge in [-0.2, -0.15) is 0 Å². The average molecular weight is 424 g/mol. The van der Waals surface area contributed by atoms with Crippen LogP contribution in [0.25, 0.3) is 0 Å². The van der Waals surface area contributed by atoms with E-state index >= 15 is 0 Å². The van der Waals surface area contributed by atoms with Gasteiger partial charge in [0, 0.05) is 24.1 Å². The molecule has 0 bridgehead atoms. The molecule has 0 spiro atoms. The zero-order valence-corrected chi connectivity index (χ0v) is 18.1. The van der Waals surface area contributed by atoms with Crippen molar-refractivity contribution in [3.63, 3.8) is 0 Å². The first-order valence-electron chi connectivity index (χ1n) is 10.7. The van der Waals surface area contributed by atoms with Crippen LogP contribution in [-0.4, -0.2) is 42.8 Å². The topological polar surface area (TPSA) is 72.9 Å². The lowest BCUT2D eigenvalue weighted by Crippen LogP contribution is -2.46. The van der Waals surface area contributed by atoms with Crippen molar-refractivity contribution in [2.45, 2.75) is 38.6 Å². The third kappa shape index (κ3) is 5.32. The number of hydrogen-bond donors (Lipinski definition) is 0. The standard InChI is InChI=1S/C25H29NO5/c1-3-4-16-26-23(28)15-14-20(24(26)19-12-8-9-13-22(19)30-2)25(29)31-17-21(27)18-10-6-5-7-11-18/h5-13,20,24H,3-4,14-17H2,1-2H3/t20-,24+/m0/s1. The summed E-state index contributed by atoms with van der Waals surface area (Å²) in [6.45, 7) is 2.30. The first kappa shape index (κ1) is 22.5. The smallest absolute Gasteiger partial charge is 0.311 e. The lowest BCUT2D eigenvalue weighted by atomic mass is 9.83. The van der Waals surface area contributed by atoms with Crippen LogP contribution in [0.2, 0.25) is 0 Å². The number of likely N-dealkylation sites (tertiary alicyclic amines) is 1. The number of benzene rings is 2. The summed E-state index contributed by atoms with van der Waals surface area (Å²) in [5, 5.41) is 0. The highest BCUT2D eigenvalue weighted by Crippen LogP contribution is 2.41. The van der Waals surface area contributed by atoms with Gasteiger partial charge in [-0.3, -0.25) is 14.4 Å². The first-order valence-corrected chi connectivity index (χ1v) is 10.7. The summed E-state index contributed by atoms with van der Waals surface area (Å²) in [6.07, 6.45) is 2.43. The van der Waals surface area contributed by atoms with Gasteiger partial charge < -0.3 is 14.4 Å². The quantitative estimate of drug-likeness (QED) is 0.446. The maximum absolute atomic E-state index is 13.1. The molecule has 0 N–H and O–H groups in total. The van der Waals surface area contributed by atoms with Gasteiger partial charge in [0.2, 0.25) is 5.91 Å². The van der Waals surface area contributed by atoms with E-state index in [4.69, 9.17) is 9.47 Å². The van der Waals surface area contributed by atoms with Crippen LogP contribution < -0.4 is 4.74 Å². The lowest BCUT2D eigenvalue weighted by molar-refractivity contribution is -0.156. The number of ether oxygens (including phenoxy) is 2. The van der Waals surface area contributed by atoms with Crippen molar-refractivity contribution in [1.29, 1.82) is 0 Å². The Morgan fingerprint density at radius 1 is 1.06 bits per heavy atom. The number of methoxy groups -OCH3 is 1. The number of nitrogens with zero attached hydrogens (tertiary/aromatic N) is 1. The number of esters is 1. The summed E-state index contributed by atoms with van der Waals surface area (Å²) in [5.74, 6) is -0.628. The molecule has 2 atom stereocenters. The van der Waals surface area contributed by atoms with E-state index in [1.807, 2.05) is 30.3 Å². The zero-order valence-electron chi connectivity index (χ0n) is 18.1. The van der Waals surface area contributed by atoms with Crippen LogP contribution in [0.5, 0.6) is 5.75 Å². The molecule has 1 aliphatic rings. The Balaban J connectivity index is 1.84. The summed E-state index contributed by atoms with van der Waals surface area (Å²) < 4.78 is 11.0. The summed E-state index contributed by atoms with van der Waals surface area (Å²) in [5.41, 5.74) is 1.28. The molecular weight excluding hydrogens is 394 g/mol. The third-order valence-corrected chi connectivity index (χ3v) is 5.66. The number of hydrogen-bond acceptors (Lipinski definition) is 5. The largest absolute Gasteiger partial charge is 0.496 e. The summed E-state index contributed by atoms with van der Waals surface area (Å²) in [7, 11) is 1.58. The fraction of sp³-hybridized carbons (Fsp3) is 0.400. The van der Waals surface area contributed by atoms with Crippen LogP contribution in [0.15, 0.2) is 54.6 Å². The number of amides is 1. The Kier molecular flexibility index (Phi) is 7.82. The van der Waals surface area contributed by atoms with Gasteiger partial charge in [-0.25, -0.2) is 0 Å². The molecule has 0 aliphatic carbocycles. The first-order chi connectivity index (χ1) is 15.1. The molecule has 6 heteroatoms. The number of rotatable bonds is 9. The molecule has 164 valence electrons. The van der Waals surface area contributed by atoms with Crippen LogP contribution in [0.1, 0.15) is 54.6 Å². The number of piperidine rings is 1. The van der Waals surface area contributed by atoms with Crippen LogP contribution >= 0.6 is 0 Å². The molecule has 1 aliphatic heterocycles. The van der Waals surface area contributed by atoms with Crippen molar-refractivity contribution >= 4 is 17.7 Å². The van der Waals surface area contributed by atoms with Gasteiger partial charge in [0.05, 0.1) is 19.1 Å². The van der Waals surface area contributed by atoms with E-state index < -0.39 is 17.9 Å². The second kappa shape index (κ2) is 10.8. The van der Waals surface area contributed by atoms with Crippen molar-refractivity contribution in [1.82, 2.24) is 4.90 Å². The molecule has 31 heavy (non-hydrogen) atoms. The van der Waals surface area contributed by atoms with Gasteiger partial charge in [0.15, 0.2) is 12.4 Å². The van der Waals surface area contributed by atoms with Crippen molar-refractivity contribution in [3.8, 4) is 5.75 Å². The fourth-order valence-electron chi connectivity index (χ4n) is 4.04. The third-order valence-electron chi connectivity index (χ3n) is 5.66. The number of carbonyl (C=O) groups is 3. The predicted octanol–water partition coefficient (Wildman–Crippen LogP) is 4.20. The summed E-state index contributed by atoms with van der Waals surface area (Å²) >= 11 is 0. The van der Waals surface area contributed by atoms with E-state index in [0.29, 0.717) is 24.3 Å². The number of unbranched alkanes of at least 4 members (excludes halogenated alkanes) is 1. The van der Waals surface area contributed by atoms with Crippen molar-refractivity contribution in [3.05, 3.63) is 65.7 Å². The highest BCUT2D eigenvalue weighted by molar-refractivity contribution is 5.98. The Bertz CT molecular complexity index is 911. The van der Waals surface area contributed by atoms with E-state index in [0.717, 1.165) is 18.4 Å². The molecule has 6 nitrogen and oxygen atoms in total. The highest BCUT2D eigenvalue weighted by Gasteiger charge is 2.42. The van der Waals surface area contributed by atoms with E-state index in [1.165, 1.54) is 0 Å². The van der Waals surface area contributed by atoms with E-state index in [2.05, 4.69) is 6.92 Å². The van der Waals surface area contributed by atoms with E-state index in [-0.39, 0.29) is 24.7 Å². The molecule has 2 aromatic carbocycles. The minimum atomic E-state index is -0.561. The lowest BCUT2D eigenvalue weighted by Gasteiger charge is -2.40. The predicted molar refractivity (Wildman–Crippen MR) is 117 cm³/mol. The SMILES string of the molecule is CCCCN1C(=O)CC[C@H](C(=O)OCC(=O)c2ccccc2)[C@H]1c1ccccc1OC. The number of Topliss-reactive ketones (excluding diaryl/α,β-unsaturated/α-hetero) is 1. The minimum absolute atomic E-state index is 0.0220. The van der Waals surface area contributed by atoms with Crippen LogP contribution in [-0.2, 0) is 14.3 Å². The average Bonchev–Trinajstić information content (AvgIpc) is 2.81. The molecule has 1 heterocycles. The number of ketones is 1. The normalized spacial score (nSPS) is 18.5. The van der Waals surface area contributed by atoms with Gasteiger partial charge in [-0.15, -0.1) is 0 Å². The molecule has 0 aromatic heterocycles. The second-order valence-corrected chi connectivity index (χ2v) is 7.67. The maximum Gasteiger partial charge on any atom is 0.311 e. The Hall–Kier alpha value is -3.15. The molecule has 3 rings (SSSR count). The van der Waals surface area contributed by atoms with E-state index in [9.17, 15) is 14.4 Å². The monoisotopic (exact) mass is 423 g/mol. The molecule has 2 aromatic rings. The van der Waals surface area contributed by atoms with Crippen molar-refractivity contribution in [2.75, 3.05) is 20.3 Å². The van der Waals surface area contributed by atoms with Gasteiger partial charge in [-0.05, 0) is 18.9 Å². The van der Waals surface area contributed by atoms with Gasteiger partial charge in [0.25, 0.3) is 0 Å². The van der Waals surface area contributed by atoms with E-state index in [1.54, 1.807) is 36.3 Å². The molecule has 0 unspecified atom stereocenters. The summed E-state index contributed by atoms with van der Waals surface area (Å²) in [4.78, 5) is 40.0. The van der Waals surface area contributed by atoms with Crippen LogP contribution in [0.3, 0.4) is 0 Å². The number of para-hydroxylation sites is 1. The zero-order chi connectivity index (χ0) is 22.2. The fourth-order valence-corrected chi connectivity index (χ4v) is 4.04. The summed E-state index contributed by atoms with van der Waals surface area (Å²) in [6, 6.07) is 15.7.